The molecule has 1 rings (SSSR count). The fourth-order valence-corrected chi connectivity index (χ4v) is 2.37. The molecule has 0 aliphatic rings. The van der Waals surface area contributed by atoms with Crippen LogP contribution >= 0.6 is 0 Å². The molecule has 0 fully saturated rings. The Hall–Kier alpha value is -1.10. The summed E-state index contributed by atoms with van der Waals surface area (Å²) in [6, 6.07) is 8.33. The van der Waals surface area contributed by atoms with Crippen LogP contribution in [-0.2, 0) is 6.42 Å². The van der Waals surface area contributed by atoms with Crippen LogP contribution in [0.2, 0.25) is 0 Å². The fourth-order valence-electron chi connectivity index (χ4n) is 2.37. The highest BCUT2D eigenvalue weighted by atomic mass is 16.5. The van der Waals surface area contributed by atoms with E-state index in [2.05, 4.69) is 50.4 Å². The molecule has 108 valence electrons. The highest BCUT2D eigenvalue weighted by Crippen LogP contribution is 2.24. The van der Waals surface area contributed by atoms with Crippen LogP contribution in [0.5, 0.6) is 5.75 Å². The molecule has 0 saturated carbocycles. The standard InChI is InChI=1S/C15H27N3O/c1-6-15(2,18(3)4)14(17-16)11-12-8-7-9-13(10-12)19-5/h7-10,14,17H,6,11,16H2,1-5H3. The minimum atomic E-state index is 0.0117. The van der Waals surface area contributed by atoms with E-state index in [1.54, 1.807) is 7.11 Å². The van der Waals surface area contributed by atoms with Gasteiger partial charge in [-0.3, -0.25) is 11.3 Å². The summed E-state index contributed by atoms with van der Waals surface area (Å²) in [5, 5.41) is 0. The van der Waals surface area contributed by atoms with Crippen molar-refractivity contribution < 1.29 is 4.74 Å². The first-order valence-corrected chi connectivity index (χ1v) is 6.74. The van der Waals surface area contributed by atoms with E-state index in [0.717, 1.165) is 18.6 Å². The Morgan fingerprint density at radius 2 is 2.11 bits per heavy atom. The van der Waals surface area contributed by atoms with Crippen LogP contribution in [0.25, 0.3) is 0 Å². The molecule has 0 spiro atoms. The maximum absolute atomic E-state index is 5.78. The Morgan fingerprint density at radius 1 is 1.42 bits per heavy atom. The highest BCUT2D eigenvalue weighted by molar-refractivity contribution is 5.29. The van der Waals surface area contributed by atoms with Crippen molar-refractivity contribution in [3.05, 3.63) is 29.8 Å². The first-order chi connectivity index (χ1) is 8.97. The fraction of sp³-hybridized carbons (Fsp3) is 0.600. The van der Waals surface area contributed by atoms with E-state index in [1.165, 1.54) is 5.56 Å². The van der Waals surface area contributed by atoms with Crippen molar-refractivity contribution in [2.45, 2.75) is 38.3 Å². The molecule has 2 unspecified atom stereocenters. The summed E-state index contributed by atoms with van der Waals surface area (Å²) in [5.41, 5.74) is 4.22. The van der Waals surface area contributed by atoms with E-state index < -0.39 is 0 Å². The van der Waals surface area contributed by atoms with E-state index in [4.69, 9.17) is 10.6 Å². The maximum atomic E-state index is 5.78. The average Bonchev–Trinajstić information content (AvgIpc) is 2.43. The largest absolute Gasteiger partial charge is 0.497 e. The number of benzene rings is 1. The molecule has 0 bridgehead atoms. The third-order valence-electron chi connectivity index (χ3n) is 4.26. The van der Waals surface area contributed by atoms with Gasteiger partial charge in [-0.15, -0.1) is 0 Å². The third kappa shape index (κ3) is 3.69. The molecule has 1 aromatic rings. The van der Waals surface area contributed by atoms with Crippen LogP contribution < -0.4 is 16.0 Å². The summed E-state index contributed by atoms with van der Waals surface area (Å²) < 4.78 is 5.27. The predicted octanol–water partition coefficient (Wildman–Crippen LogP) is 1.80. The number of hydrogen-bond donors (Lipinski definition) is 2. The number of nitrogens with zero attached hydrogens (tertiary/aromatic N) is 1. The van der Waals surface area contributed by atoms with Gasteiger partial charge in [0.05, 0.1) is 7.11 Å². The topological polar surface area (TPSA) is 50.5 Å². The van der Waals surface area contributed by atoms with E-state index >= 15 is 0 Å². The Balaban J connectivity index is 2.92. The van der Waals surface area contributed by atoms with Crippen LogP contribution in [0, 0.1) is 0 Å². The zero-order chi connectivity index (χ0) is 14.5. The van der Waals surface area contributed by atoms with E-state index in [1.807, 2.05) is 12.1 Å². The van der Waals surface area contributed by atoms with Crippen molar-refractivity contribution in [3.63, 3.8) is 0 Å². The molecule has 0 saturated heterocycles. The minimum Gasteiger partial charge on any atom is -0.497 e. The number of nitrogens with two attached hydrogens (primary N) is 1. The summed E-state index contributed by atoms with van der Waals surface area (Å²) in [4.78, 5) is 2.23. The number of rotatable bonds is 7. The van der Waals surface area contributed by atoms with Crippen molar-refractivity contribution in [3.8, 4) is 5.75 Å². The number of nitrogens with one attached hydrogen (secondary N) is 1. The van der Waals surface area contributed by atoms with E-state index in [0.29, 0.717) is 0 Å². The van der Waals surface area contributed by atoms with Crippen LogP contribution in [0.1, 0.15) is 25.8 Å². The van der Waals surface area contributed by atoms with Gasteiger partial charge in [0.25, 0.3) is 0 Å². The Morgan fingerprint density at radius 3 is 2.58 bits per heavy atom. The van der Waals surface area contributed by atoms with E-state index in [9.17, 15) is 0 Å². The zero-order valence-electron chi connectivity index (χ0n) is 12.7. The first kappa shape index (κ1) is 16.0. The maximum Gasteiger partial charge on any atom is 0.119 e. The summed E-state index contributed by atoms with van der Waals surface area (Å²) in [5.74, 6) is 6.67. The molecule has 4 heteroatoms. The lowest BCUT2D eigenvalue weighted by molar-refractivity contribution is 0.112. The second kappa shape index (κ2) is 6.89. The molecule has 0 amide bonds. The van der Waals surface area contributed by atoms with Crippen molar-refractivity contribution in [1.29, 1.82) is 0 Å². The van der Waals surface area contributed by atoms with Crippen LogP contribution in [-0.4, -0.2) is 37.7 Å². The van der Waals surface area contributed by atoms with E-state index in [-0.39, 0.29) is 11.6 Å². The quantitative estimate of drug-likeness (QED) is 0.583. The van der Waals surface area contributed by atoms with Gasteiger partial charge < -0.3 is 9.64 Å². The van der Waals surface area contributed by atoms with Gasteiger partial charge >= 0.3 is 0 Å². The molecule has 0 heterocycles. The second-order valence-electron chi connectivity index (χ2n) is 5.38. The average molecular weight is 265 g/mol. The minimum absolute atomic E-state index is 0.0117. The molecule has 3 N–H and O–H groups in total. The summed E-state index contributed by atoms with van der Waals surface area (Å²) in [6.07, 6.45) is 1.90. The number of ether oxygens (including phenoxy) is 1. The van der Waals surface area contributed by atoms with Crippen molar-refractivity contribution in [2.24, 2.45) is 5.84 Å². The molecule has 0 aromatic heterocycles. The molecular formula is C15H27N3O. The lowest BCUT2D eigenvalue weighted by Gasteiger charge is -2.42. The monoisotopic (exact) mass is 265 g/mol. The molecule has 0 radical (unpaired) electrons. The molecule has 4 nitrogen and oxygen atoms in total. The van der Waals surface area contributed by atoms with Crippen LogP contribution in [0.3, 0.4) is 0 Å². The summed E-state index contributed by atoms with van der Waals surface area (Å²) in [6.45, 7) is 4.42. The lowest BCUT2D eigenvalue weighted by Crippen LogP contribution is -2.59. The van der Waals surface area contributed by atoms with Gasteiger partial charge in [0.15, 0.2) is 0 Å². The SMILES string of the molecule is CCC(C)(C(Cc1cccc(OC)c1)NN)N(C)C. The predicted molar refractivity (Wildman–Crippen MR) is 80.2 cm³/mol. The zero-order valence-corrected chi connectivity index (χ0v) is 12.7. The second-order valence-corrected chi connectivity index (χ2v) is 5.38. The highest BCUT2D eigenvalue weighted by Gasteiger charge is 2.34. The molecule has 0 aliphatic heterocycles. The molecule has 0 aliphatic carbocycles. The van der Waals surface area contributed by atoms with Crippen molar-refractivity contribution in [2.75, 3.05) is 21.2 Å². The van der Waals surface area contributed by atoms with Gasteiger partial charge in [0, 0.05) is 11.6 Å². The molecule has 19 heavy (non-hydrogen) atoms. The number of hydrazine groups is 1. The Kier molecular flexibility index (Phi) is 5.79. The summed E-state index contributed by atoms with van der Waals surface area (Å²) in [7, 11) is 5.88. The number of likely N-dealkylation sites (N-methyl/N-ethyl adjacent to an activating group) is 1. The smallest absolute Gasteiger partial charge is 0.119 e. The third-order valence-corrected chi connectivity index (χ3v) is 4.26. The molecule has 2 atom stereocenters. The molecular weight excluding hydrogens is 238 g/mol. The van der Waals surface area contributed by atoms with Gasteiger partial charge in [0.2, 0.25) is 0 Å². The lowest BCUT2D eigenvalue weighted by atomic mass is 9.84. The summed E-state index contributed by atoms with van der Waals surface area (Å²) >= 11 is 0. The van der Waals surface area contributed by atoms with Crippen LogP contribution in [0.15, 0.2) is 24.3 Å². The molecule has 1 aromatic carbocycles. The van der Waals surface area contributed by atoms with Crippen LogP contribution in [0.4, 0.5) is 0 Å². The van der Waals surface area contributed by atoms with Gasteiger partial charge in [-0.25, -0.2) is 0 Å². The Bertz CT molecular complexity index is 395. The number of hydrogen-bond acceptors (Lipinski definition) is 4. The normalized spacial score (nSPS) is 16.2. The first-order valence-electron chi connectivity index (χ1n) is 6.74. The van der Waals surface area contributed by atoms with Crippen molar-refractivity contribution in [1.82, 2.24) is 10.3 Å². The van der Waals surface area contributed by atoms with Crippen molar-refractivity contribution >= 4 is 0 Å². The van der Waals surface area contributed by atoms with Gasteiger partial charge in [0.1, 0.15) is 5.75 Å². The number of methoxy groups -OCH3 is 1. The Labute approximate surface area is 116 Å². The van der Waals surface area contributed by atoms with Gasteiger partial charge in [-0.1, -0.05) is 19.1 Å². The van der Waals surface area contributed by atoms with Gasteiger partial charge in [-0.05, 0) is 51.6 Å². The van der Waals surface area contributed by atoms with Gasteiger partial charge in [-0.2, -0.15) is 0 Å².